The zero-order chi connectivity index (χ0) is 9.23. The van der Waals surface area contributed by atoms with Gasteiger partial charge in [-0.25, -0.2) is 0 Å². The summed E-state index contributed by atoms with van der Waals surface area (Å²) >= 11 is 0. The predicted octanol–water partition coefficient (Wildman–Crippen LogP) is 1.25. The van der Waals surface area contributed by atoms with Crippen LogP contribution in [-0.2, 0) is 4.74 Å². The van der Waals surface area contributed by atoms with Gasteiger partial charge in [0.05, 0.1) is 19.1 Å². The molecule has 0 amide bonds. The molecule has 0 radical (unpaired) electrons. The van der Waals surface area contributed by atoms with Crippen LogP contribution in [0, 0.1) is 0 Å². The fraction of sp³-hybridized carbons (Fsp3) is 0.778. The Labute approximate surface area is 74.4 Å². The molecule has 0 aliphatic carbocycles. The molecule has 0 aromatic rings. The number of hydrogen-bond donors (Lipinski definition) is 2. The molecule has 3 nitrogen and oxygen atoms in total. The Morgan fingerprint density at radius 3 is 2.83 bits per heavy atom. The highest BCUT2D eigenvalue weighted by molar-refractivity contribution is 4.79. The van der Waals surface area contributed by atoms with Gasteiger partial charge in [-0.2, -0.15) is 0 Å². The van der Waals surface area contributed by atoms with Gasteiger partial charge in [-0.15, -0.1) is 0 Å². The first-order valence-electron chi connectivity index (χ1n) is 4.43. The summed E-state index contributed by atoms with van der Waals surface area (Å²) in [7, 11) is 0. The molecular weight excluding hydrogens is 154 g/mol. The van der Waals surface area contributed by atoms with E-state index in [9.17, 15) is 0 Å². The third kappa shape index (κ3) is 7.57. The molecule has 0 atom stereocenters. The van der Waals surface area contributed by atoms with Crippen molar-refractivity contribution in [2.45, 2.75) is 26.2 Å². The van der Waals surface area contributed by atoms with E-state index in [1.807, 2.05) is 6.92 Å². The zero-order valence-corrected chi connectivity index (χ0v) is 7.81. The number of ether oxygens (including phenoxy) is 1. The largest absolute Gasteiger partial charge is 0.499 e. The van der Waals surface area contributed by atoms with Crippen molar-refractivity contribution in [3.8, 4) is 0 Å². The van der Waals surface area contributed by atoms with Crippen LogP contribution in [0.2, 0.25) is 0 Å². The summed E-state index contributed by atoms with van der Waals surface area (Å²) in [5.74, 6) is 0.852. The second-order valence-corrected chi connectivity index (χ2v) is 2.61. The molecule has 0 saturated carbocycles. The number of nitrogens with one attached hydrogen (secondary N) is 1. The Hall–Kier alpha value is -0.540. The molecule has 0 saturated heterocycles. The highest BCUT2D eigenvalue weighted by atomic mass is 16.5. The summed E-state index contributed by atoms with van der Waals surface area (Å²) in [6.07, 6.45) is 2.92. The summed E-state index contributed by atoms with van der Waals surface area (Å²) in [6.45, 7) is 7.39. The van der Waals surface area contributed by atoms with E-state index in [2.05, 4.69) is 11.9 Å². The van der Waals surface area contributed by atoms with Crippen LogP contribution in [0.1, 0.15) is 26.2 Å². The van der Waals surface area contributed by atoms with Gasteiger partial charge < -0.3 is 9.84 Å². The maximum absolute atomic E-state index is 8.39. The third-order valence-electron chi connectivity index (χ3n) is 1.56. The minimum Gasteiger partial charge on any atom is -0.499 e. The minimum absolute atomic E-state index is 0.0581. The Kier molecular flexibility index (Phi) is 8.17. The van der Waals surface area contributed by atoms with Crippen LogP contribution in [0.25, 0.3) is 0 Å². The van der Waals surface area contributed by atoms with Crippen molar-refractivity contribution in [3.63, 3.8) is 0 Å². The van der Waals surface area contributed by atoms with E-state index < -0.39 is 0 Å². The molecule has 72 valence electrons. The number of rotatable bonds is 8. The smallest absolute Gasteiger partial charge is 0.0931 e. The molecule has 0 fully saturated rings. The Bertz CT molecular complexity index is 115. The topological polar surface area (TPSA) is 41.5 Å². The van der Waals surface area contributed by atoms with Gasteiger partial charge in [-0.05, 0) is 19.4 Å². The minimum atomic E-state index is 0.0581. The fourth-order valence-electron chi connectivity index (χ4n) is 0.750. The highest BCUT2D eigenvalue weighted by Gasteiger charge is 1.91. The molecule has 0 aromatic carbocycles. The molecule has 0 unspecified atom stereocenters. The monoisotopic (exact) mass is 173 g/mol. The molecule has 0 bridgehead atoms. The first kappa shape index (κ1) is 11.5. The Morgan fingerprint density at radius 2 is 2.25 bits per heavy atom. The summed E-state index contributed by atoms with van der Waals surface area (Å²) < 4.78 is 5.29. The summed E-state index contributed by atoms with van der Waals surface area (Å²) in [4.78, 5) is 0. The zero-order valence-electron chi connectivity index (χ0n) is 7.81. The highest BCUT2D eigenvalue weighted by Crippen LogP contribution is 2.00. The predicted molar refractivity (Wildman–Crippen MR) is 49.7 cm³/mol. The number of allylic oxidation sites excluding steroid dienone is 1. The first-order chi connectivity index (χ1) is 5.81. The van der Waals surface area contributed by atoms with Crippen molar-refractivity contribution < 1.29 is 9.84 Å². The second-order valence-electron chi connectivity index (χ2n) is 2.61. The average Bonchev–Trinajstić information content (AvgIpc) is 2.10. The van der Waals surface area contributed by atoms with Crippen LogP contribution >= 0.6 is 0 Å². The fourth-order valence-corrected chi connectivity index (χ4v) is 0.750. The average molecular weight is 173 g/mol. The van der Waals surface area contributed by atoms with Crippen molar-refractivity contribution in [3.05, 3.63) is 12.3 Å². The van der Waals surface area contributed by atoms with E-state index in [0.29, 0.717) is 0 Å². The lowest BCUT2D eigenvalue weighted by Crippen LogP contribution is -2.16. The van der Waals surface area contributed by atoms with Crippen LogP contribution in [0.4, 0.5) is 0 Å². The van der Waals surface area contributed by atoms with E-state index >= 15 is 0 Å². The quantitative estimate of drug-likeness (QED) is 0.330. The molecule has 0 heterocycles. The van der Waals surface area contributed by atoms with Crippen molar-refractivity contribution in [2.75, 3.05) is 19.9 Å². The van der Waals surface area contributed by atoms with Crippen molar-refractivity contribution in [1.29, 1.82) is 0 Å². The Morgan fingerprint density at radius 1 is 1.50 bits per heavy atom. The molecule has 0 aromatic heterocycles. The Balaban J connectivity index is 2.95. The van der Waals surface area contributed by atoms with E-state index in [-0.39, 0.29) is 6.73 Å². The maximum Gasteiger partial charge on any atom is 0.0931 e. The van der Waals surface area contributed by atoms with Gasteiger partial charge in [0.25, 0.3) is 0 Å². The lowest BCUT2D eigenvalue weighted by Gasteiger charge is -2.06. The van der Waals surface area contributed by atoms with Crippen molar-refractivity contribution >= 4 is 0 Å². The third-order valence-corrected chi connectivity index (χ3v) is 1.56. The number of unbranched alkanes of at least 4 members (excludes halogenated alkanes) is 1. The van der Waals surface area contributed by atoms with Gasteiger partial charge in [-0.3, -0.25) is 5.32 Å². The standard InChI is InChI=1S/C9H19NO2/c1-3-9(2)12-7-5-4-6-10-8-11/h10-11H,2-8H2,1H3. The van der Waals surface area contributed by atoms with Crippen LogP contribution in [-0.4, -0.2) is 25.0 Å². The molecule has 0 aliphatic rings. The van der Waals surface area contributed by atoms with E-state index in [0.717, 1.165) is 38.2 Å². The number of aliphatic hydroxyl groups excluding tert-OH is 1. The van der Waals surface area contributed by atoms with Crippen LogP contribution in [0.15, 0.2) is 12.3 Å². The van der Waals surface area contributed by atoms with Gasteiger partial charge in [-0.1, -0.05) is 13.5 Å². The molecule has 12 heavy (non-hydrogen) atoms. The van der Waals surface area contributed by atoms with E-state index in [4.69, 9.17) is 9.84 Å². The molecule has 2 N–H and O–H groups in total. The lowest BCUT2D eigenvalue weighted by molar-refractivity contribution is 0.197. The molecule has 0 rings (SSSR count). The SMILES string of the molecule is C=C(CC)OCCCCNCO. The molecular formula is C9H19NO2. The van der Waals surface area contributed by atoms with Crippen LogP contribution in [0.3, 0.4) is 0 Å². The van der Waals surface area contributed by atoms with Gasteiger partial charge in [0, 0.05) is 6.42 Å². The summed E-state index contributed by atoms with van der Waals surface area (Å²) in [5, 5.41) is 11.2. The maximum atomic E-state index is 8.39. The molecule has 0 spiro atoms. The normalized spacial score (nSPS) is 9.83. The van der Waals surface area contributed by atoms with Crippen LogP contribution < -0.4 is 5.32 Å². The molecule has 3 heteroatoms. The van der Waals surface area contributed by atoms with Gasteiger partial charge in [0.2, 0.25) is 0 Å². The van der Waals surface area contributed by atoms with Crippen molar-refractivity contribution in [2.24, 2.45) is 0 Å². The number of hydrogen-bond acceptors (Lipinski definition) is 3. The summed E-state index contributed by atoms with van der Waals surface area (Å²) in [5.41, 5.74) is 0. The van der Waals surface area contributed by atoms with Crippen LogP contribution in [0.5, 0.6) is 0 Å². The van der Waals surface area contributed by atoms with Crippen molar-refractivity contribution in [1.82, 2.24) is 5.32 Å². The van der Waals surface area contributed by atoms with Gasteiger partial charge in [0.15, 0.2) is 0 Å². The lowest BCUT2D eigenvalue weighted by atomic mass is 10.3. The molecule has 0 aliphatic heterocycles. The van der Waals surface area contributed by atoms with E-state index in [1.54, 1.807) is 0 Å². The second kappa shape index (κ2) is 8.56. The van der Waals surface area contributed by atoms with E-state index in [1.165, 1.54) is 0 Å². The van der Waals surface area contributed by atoms with Gasteiger partial charge in [0.1, 0.15) is 0 Å². The van der Waals surface area contributed by atoms with Gasteiger partial charge >= 0.3 is 0 Å². The first-order valence-corrected chi connectivity index (χ1v) is 4.43. The number of aliphatic hydroxyl groups is 1. The summed E-state index contributed by atoms with van der Waals surface area (Å²) in [6, 6.07) is 0.